The van der Waals surface area contributed by atoms with Crippen LogP contribution in [-0.2, 0) is 11.2 Å². The van der Waals surface area contributed by atoms with E-state index >= 15 is 0 Å². The Labute approximate surface area is 148 Å². The first kappa shape index (κ1) is 17.9. The van der Waals surface area contributed by atoms with E-state index in [0.29, 0.717) is 17.3 Å². The molecule has 5 heteroatoms. The van der Waals surface area contributed by atoms with Crippen LogP contribution in [0.2, 0.25) is 0 Å². The minimum atomic E-state index is -0.305. The highest BCUT2D eigenvalue weighted by atomic mass is 32.1. The predicted octanol–water partition coefficient (Wildman–Crippen LogP) is 4.62. The van der Waals surface area contributed by atoms with Gasteiger partial charge in [0, 0.05) is 11.4 Å². The van der Waals surface area contributed by atoms with Crippen LogP contribution in [0, 0.1) is 0 Å². The van der Waals surface area contributed by atoms with Crippen molar-refractivity contribution in [2.24, 2.45) is 0 Å². The highest BCUT2D eigenvalue weighted by Crippen LogP contribution is 2.13. The molecule has 126 valence electrons. The zero-order chi connectivity index (χ0) is 17.4. The fourth-order valence-electron chi connectivity index (χ4n) is 2.08. The fourth-order valence-corrected chi connectivity index (χ4v) is 2.32. The van der Waals surface area contributed by atoms with E-state index in [9.17, 15) is 4.79 Å². The highest BCUT2D eigenvalue weighted by Gasteiger charge is 2.06. The molecule has 0 bridgehead atoms. The Kier molecular flexibility index (Phi) is 6.75. The van der Waals surface area contributed by atoms with E-state index in [1.54, 1.807) is 24.3 Å². The van der Waals surface area contributed by atoms with E-state index in [0.717, 1.165) is 24.2 Å². The minimum Gasteiger partial charge on any atom is -0.462 e. The molecule has 0 saturated carbocycles. The fraction of sp³-hybridized carbons (Fsp3) is 0.263. The van der Waals surface area contributed by atoms with Crippen molar-refractivity contribution in [1.29, 1.82) is 0 Å². The Morgan fingerprint density at radius 2 is 1.50 bits per heavy atom. The van der Waals surface area contributed by atoms with Gasteiger partial charge in [0.15, 0.2) is 5.11 Å². The Balaban J connectivity index is 1.90. The molecule has 24 heavy (non-hydrogen) atoms. The molecule has 0 aromatic heterocycles. The second-order valence-corrected chi connectivity index (χ2v) is 5.75. The molecule has 0 unspecified atom stereocenters. The van der Waals surface area contributed by atoms with Gasteiger partial charge in [0.25, 0.3) is 0 Å². The van der Waals surface area contributed by atoms with Gasteiger partial charge in [-0.1, -0.05) is 26.0 Å². The Morgan fingerprint density at radius 3 is 2.00 bits per heavy atom. The lowest BCUT2D eigenvalue weighted by Crippen LogP contribution is -2.19. The zero-order valence-electron chi connectivity index (χ0n) is 14.0. The summed E-state index contributed by atoms with van der Waals surface area (Å²) >= 11 is 5.31. The Bertz CT molecular complexity index is 682. The summed E-state index contributed by atoms with van der Waals surface area (Å²) < 4.78 is 5.10. The van der Waals surface area contributed by atoms with Gasteiger partial charge in [-0.2, -0.15) is 0 Å². The molecule has 0 spiro atoms. The number of aryl methyl sites for hydroxylation is 1. The monoisotopic (exact) mass is 342 g/mol. The Morgan fingerprint density at radius 1 is 0.958 bits per heavy atom. The summed E-state index contributed by atoms with van der Waals surface area (Å²) in [5, 5.41) is 6.73. The molecule has 2 rings (SSSR count). The number of esters is 1. The molecule has 0 fully saturated rings. The van der Waals surface area contributed by atoms with Crippen molar-refractivity contribution in [3.8, 4) is 0 Å². The largest absolute Gasteiger partial charge is 0.462 e. The van der Waals surface area contributed by atoms with Crippen LogP contribution in [0.25, 0.3) is 0 Å². The number of hydrogen-bond acceptors (Lipinski definition) is 3. The van der Waals surface area contributed by atoms with Gasteiger partial charge < -0.3 is 15.4 Å². The molecule has 0 heterocycles. The molecule has 0 amide bonds. The van der Waals surface area contributed by atoms with Gasteiger partial charge in [-0.15, -0.1) is 0 Å². The summed E-state index contributed by atoms with van der Waals surface area (Å²) in [6, 6.07) is 15.2. The van der Waals surface area contributed by atoms with Gasteiger partial charge in [0.2, 0.25) is 0 Å². The van der Waals surface area contributed by atoms with Crippen LogP contribution < -0.4 is 10.6 Å². The van der Waals surface area contributed by atoms with Crippen molar-refractivity contribution < 1.29 is 9.53 Å². The molecule has 0 radical (unpaired) electrons. The number of hydrogen-bond donors (Lipinski definition) is 2. The zero-order valence-corrected chi connectivity index (χ0v) is 14.8. The molecule has 0 atom stereocenters. The average Bonchev–Trinajstić information content (AvgIpc) is 2.61. The summed E-state index contributed by atoms with van der Waals surface area (Å²) in [5.74, 6) is -0.305. The topological polar surface area (TPSA) is 50.4 Å². The van der Waals surface area contributed by atoms with Crippen LogP contribution in [0.5, 0.6) is 0 Å². The highest BCUT2D eigenvalue weighted by molar-refractivity contribution is 7.80. The first-order valence-electron chi connectivity index (χ1n) is 8.06. The van der Waals surface area contributed by atoms with Crippen molar-refractivity contribution in [2.45, 2.75) is 26.7 Å². The van der Waals surface area contributed by atoms with Gasteiger partial charge in [-0.3, -0.25) is 0 Å². The summed E-state index contributed by atoms with van der Waals surface area (Å²) in [4.78, 5) is 11.7. The maximum absolute atomic E-state index is 11.7. The number of anilines is 2. The van der Waals surface area contributed by atoms with Gasteiger partial charge in [0.05, 0.1) is 12.2 Å². The number of rotatable bonds is 6. The quantitative estimate of drug-likeness (QED) is 0.592. The molecule has 4 nitrogen and oxygen atoms in total. The second kappa shape index (κ2) is 9.03. The lowest BCUT2D eigenvalue weighted by atomic mass is 10.1. The maximum atomic E-state index is 11.7. The first-order chi connectivity index (χ1) is 11.6. The van der Waals surface area contributed by atoms with E-state index in [1.165, 1.54) is 5.56 Å². The van der Waals surface area contributed by atoms with Crippen molar-refractivity contribution in [2.75, 3.05) is 17.2 Å². The van der Waals surface area contributed by atoms with Crippen molar-refractivity contribution in [3.63, 3.8) is 0 Å². The minimum absolute atomic E-state index is 0.305. The third-order valence-electron chi connectivity index (χ3n) is 3.44. The molecular formula is C19H22N2O2S. The van der Waals surface area contributed by atoms with E-state index in [1.807, 2.05) is 19.1 Å². The van der Waals surface area contributed by atoms with Crippen molar-refractivity contribution >= 4 is 34.7 Å². The molecule has 0 aliphatic carbocycles. The van der Waals surface area contributed by atoms with Gasteiger partial charge >= 0.3 is 5.97 Å². The van der Waals surface area contributed by atoms with Crippen LogP contribution >= 0.6 is 12.2 Å². The third-order valence-corrected chi connectivity index (χ3v) is 3.64. The standard InChI is InChI=1S/C19H22N2O2S/c1-3-13-23-18(22)15-7-11-17(12-8-15)21-19(24)20-16-9-5-14(4-2)6-10-16/h5-12H,3-4,13H2,1-2H3,(H2,20,21,24). The van der Waals surface area contributed by atoms with Gasteiger partial charge in [-0.05, 0) is 67.0 Å². The number of nitrogens with one attached hydrogen (secondary N) is 2. The molecule has 2 N–H and O–H groups in total. The van der Waals surface area contributed by atoms with Crippen molar-refractivity contribution in [1.82, 2.24) is 0 Å². The van der Waals surface area contributed by atoms with Crippen LogP contribution in [0.15, 0.2) is 48.5 Å². The number of carbonyl (C=O) groups excluding carboxylic acids is 1. The first-order valence-corrected chi connectivity index (χ1v) is 8.47. The smallest absolute Gasteiger partial charge is 0.338 e. The predicted molar refractivity (Wildman–Crippen MR) is 103 cm³/mol. The van der Waals surface area contributed by atoms with Crippen LogP contribution in [-0.4, -0.2) is 17.7 Å². The summed E-state index contributed by atoms with van der Waals surface area (Å²) in [6.07, 6.45) is 1.82. The number of benzene rings is 2. The third kappa shape index (κ3) is 5.35. The number of thiocarbonyl (C=S) groups is 1. The maximum Gasteiger partial charge on any atom is 0.338 e. The summed E-state index contributed by atoms with van der Waals surface area (Å²) in [6.45, 7) is 4.52. The van der Waals surface area contributed by atoms with Crippen LogP contribution in [0.3, 0.4) is 0 Å². The molecule has 0 aliphatic rings. The van der Waals surface area contributed by atoms with Gasteiger partial charge in [0.1, 0.15) is 0 Å². The van der Waals surface area contributed by atoms with Crippen molar-refractivity contribution in [3.05, 3.63) is 59.7 Å². The van der Waals surface area contributed by atoms with Crippen LogP contribution in [0.1, 0.15) is 36.2 Å². The summed E-state index contributed by atoms with van der Waals surface area (Å²) in [5.41, 5.74) is 3.56. The van der Waals surface area contributed by atoms with Gasteiger partial charge in [-0.25, -0.2) is 4.79 Å². The van der Waals surface area contributed by atoms with Crippen LogP contribution in [0.4, 0.5) is 11.4 Å². The normalized spacial score (nSPS) is 10.1. The van der Waals surface area contributed by atoms with E-state index in [-0.39, 0.29) is 5.97 Å². The lowest BCUT2D eigenvalue weighted by Gasteiger charge is -2.11. The SMILES string of the molecule is CCCOC(=O)c1ccc(NC(=S)Nc2ccc(CC)cc2)cc1. The van der Waals surface area contributed by atoms with E-state index in [2.05, 4.69) is 29.7 Å². The van der Waals surface area contributed by atoms with E-state index in [4.69, 9.17) is 17.0 Å². The molecule has 2 aromatic carbocycles. The number of ether oxygens (including phenoxy) is 1. The Hall–Kier alpha value is -2.40. The molecule has 2 aromatic rings. The molecule has 0 aliphatic heterocycles. The van der Waals surface area contributed by atoms with E-state index < -0.39 is 0 Å². The lowest BCUT2D eigenvalue weighted by molar-refractivity contribution is 0.0505. The summed E-state index contributed by atoms with van der Waals surface area (Å²) in [7, 11) is 0. The molecule has 0 saturated heterocycles. The average molecular weight is 342 g/mol. The number of carbonyl (C=O) groups is 1. The second-order valence-electron chi connectivity index (χ2n) is 5.34. The molecular weight excluding hydrogens is 320 g/mol.